The highest BCUT2D eigenvalue weighted by Gasteiger charge is 2.26. The Morgan fingerprint density at radius 1 is 1.22 bits per heavy atom. The molecule has 2 aliphatic heterocycles. The van der Waals surface area contributed by atoms with Crippen LogP contribution in [0.25, 0.3) is 0 Å². The van der Waals surface area contributed by atoms with Gasteiger partial charge in [0.1, 0.15) is 0 Å². The molecule has 1 N–H and O–H groups in total. The minimum Gasteiger partial charge on any atom is -0.314 e. The molecule has 2 saturated heterocycles. The molecule has 0 spiro atoms. The maximum Gasteiger partial charge on any atom is 0.00941 e. The summed E-state index contributed by atoms with van der Waals surface area (Å²) in [6.07, 6.45) is 4.02. The Kier molecular flexibility index (Phi) is 5.05. The van der Waals surface area contributed by atoms with E-state index in [1.54, 1.807) is 0 Å². The van der Waals surface area contributed by atoms with E-state index in [0.717, 1.165) is 24.0 Å². The topological polar surface area (TPSA) is 18.5 Å². The highest BCUT2D eigenvalue weighted by atomic mass is 15.2. The lowest BCUT2D eigenvalue weighted by Crippen LogP contribution is -2.46. The Morgan fingerprint density at radius 3 is 2.61 bits per heavy atom. The van der Waals surface area contributed by atoms with Gasteiger partial charge in [0.05, 0.1) is 0 Å². The van der Waals surface area contributed by atoms with Gasteiger partial charge in [0.2, 0.25) is 0 Å². The van der Waals surface area contributed by atoms with Crippen LogP contribution in [0.5, 0.6) is 0 Å². The molecule has 3 heteroatoms. The van der Waals surface area contributed by atoms with Crippen molar-refractivity contribution in [1.29, 1.82) is 0 Å². The average Bonchev–Trinajstić information content (AvgIpc) is 2.79. The third-order valence-electron chi connectivity index (χ3n) is 4.95. The number of nitrogens with zero attached hydrogens (tertiary/aromatic N) is 2. The zero-order valence-corrected chi connectivity index (χ0v) is 12.7. The second-order valence-corrected chi connectivity index (χ2v) is 6.70. The van der Waals surface area contributed by atoms with Gasteiger partial charge in [-0.1, -0.05) is 0 Å². The molecule has 3 atom stereocenters. The van der Waals surface area contributed by atoms with E-state index >= 15 is 0 Å². The minimum absolute atomic E-state index is 0.721. The van der Waals surface area contributed by atoms with Gasteiger partial charge in [-0.15, -0.1) is 0 Å². The zero-order valence-electron chi connectivity index (χ0n) is 12.7. The number of nitrogens with one attached hydrogen (secondary N) is 1. The zero-order chi connectivity index (χ0) is 13.1. The van der Waals surface area contributed by atoms with Crippen molar-refractivity contribution in [3.8, 4) is 0 Å². The van der Waals surface area contributed by atoms with Gasteiger partial charge in [-0.25, -0.2) is 0 Å². The molecule has 3 unspecified atom stereocenters. The van der Waals surface area contributed by atoms with E-state index in [1.807, 2.05) is 0 Å². The molecular weight excluding hydrogens is 222 g/mol. The predicted molar refractivity (Wildman–Crippen MR) is 77.9 cm³/mol. The monoisotopic (exact) mass is 253 g/mol. The van der Waals surface area contributed by atoms with Gasteiger partial charge in [-0.2, -0.15) is 0 Å². The molecule has 0 aromatic rings. The van der Waals surface area contributed by atoms with Gasteiger partial charge in [0.15, 0.2) is 0 Å². The molecule has 0 saturated carbocycles. The summed E-state index contributed by atoms with van der Waals surface area (Å²) in [5, 5.41) is 3.82. The average molecular weight is 253 g/mol. The molecule has 0 aromatic carbocycles. The van der Waals surface area contributed by atoms with Crippen molar-refractivity contribution in [2.45, 2.75) is 58.2 Å². The van der Waals surface area contributed by atoms with Crippen LogP contribution in [-0.2, 0) is 0 Å². The lowest BCUT2D eigenvalue weighted by molar-refractivity contribution is 0.165. The molecule has 3 nitrogen and oxygen atoms in total. The van der Waals surface area contributed by atoms with E-state index in [9.17, 15) is 0 Å². The van der Waals surface area contributed by atoms with Gasteiger partial charge in [-0.3, -0.25) is 0 Å². The lowest BCUT2D eigenvalue weighted by atomic mass is 9.98. The van der Waals surface area contributed by atoms with Crippen molar-refractivity contribution in [1.82, 2.24) is 15.1 Å². The Labute approximate surface area is 113 Å². The minimum atomic E-state index is 0.721. The van der Waals surface area contributed by atoms with Crippen molar-refractivity contribution in [2.24, 2.45) is 5.92 Å². The quantitative estimate of drug-likeness (QED) is 0.824. The fourth-order valence-corrected chi connectivity index (χ4v) is 3.31. The Bertz CT molecular complexity index is 254. The largest absolute Gasteiger partial charge is 0.314 e. The maximum atomic E-state index is 3.82. The summed E-state index contributed by atoms with van der Waals surface area (Å²) in [5.74, 6) is 0.877. The number of rotatable bonds is 4. The van der Waals surface area contributed by atoms with Gasteiger partial charge in [0.25, 0.3) is 0 Å². The summed E-state index contributed by atoms with van der Waals surface area (Å²) in [6, 6.07) is 2.22. The number of piperidine rings is 1. The molecule has 0 amide bonds. The highest BCUT2D eigenvalue weighted by molar-refractivity contribution is 4.84. The Balaban J connectivity index is 1.67. The van der Waals surface area contributed by atoms with Crippen molar-refractivity contribution in [3.63, 3.8) is 0 Å². The number of hydrogen-bond acceptors (Lipinski definition) is 3. The Hall–Kier alpha value is -0.120. The molecule has 2 aliphatic rings. The molecule has 2 fully saturated rings. The predicted octanol–water partition coefficient (Wildman–Crippen LogP) is 1.79. The van der Waals surface area contributed by atoms with Gasteiger partial charge in [0, 0.05) is 24.7 Å². The van der Waals surface area contributed by atoms with Crippen LogP contribution in [0.15, 0.2) is 0 Å². The van der Waals surface area contributed by atoms with Crippen LogP contribution in [-0.4, -0.2) is 61.2 Å². The fraction of sp³-hybridized carbons (Fsp3) is 1.00. The van der Waals surface area contributed by atoms with Crippen molar-refractivity contribution >= 4 is 0 Å². The van der Waals surface area contributed by atoms with E-state index < -0.39 is 0 Å². The molecule has 2 heterocycles. The third-order valence-corrected chi connectivity index (χ3v) is 4.95. The summed E-state index contributed by atoms with van der Waals surface area (Å²) in [4.78, 5) is 5.10. The van der Waals surface area contributed by atoms with Crippen LogP contribution < -0.4 is 5.32 Å². The fourth-order valence-electron chi connectivity index (χ4n) is 3.31. The first kappa shape index (κ1) is 14.3. The summed E-state index contributed by atoms with van der Waals surface area (Å²) in [5.41, 5.74) is 0. The second kappa shape index (κ2) is 6.36. The molecule has 18 heavy (non-hydrogen) atoms. The van der Waals surface area contributed by atoms with Crippen LogP contribution >= 0.6 is 0 Å². The normalized spacial score (nSPS) is 35.5. The van der Waals surface area contributed by atoms with Crippen molar-refractivity contribution in [2.75, 3.05) is 33.2 Å². The maximum absolute atomic E-state index is 3.82. The third kappa shape index (κ3) is 3.69. The van der Waals surface area contributed by atoms with E-state index in [0.29, 0.717) is 0 Å². The van der Waals surface area contributed by atoms with Gasteiger partial charge >= 0.3 is 0 Å². The Morgan fingerprint density at radius 2 is 2.00 bits per heavy atom. The highest BCUT2D eigenvalue weighted by Crippen LogP contribution is 2.19. The van der Waals surface area contributed by atoms with Gasteiger partial charge < -0.3 is 15.1 Å². The van der Waals surface area contributed by atoms with Crippen molar-refractivity contribution in [3.05, 3.63) is 0 Å². The van der Waals surface area contributed by atoms with Gasteiger partial charge in [-0.05, 0) is 72.6 Å². The molecule has 0 radical (unpaired) electrons. The lowest BCUT2D eigenvalue weighted by Gasteiger charge is -2.36. The van der Waals surface area contributed by atoms with E-state index in [1.165, 1.54) is 45.4 Å². The van der Waals surface area contributed by atoms with Crippen LogP contribution in [0, 0.1) is 5.92 Å². The van der Waals surface area contributed by atoms with E-state index in [-0.39, 0.29) is 0 Å². The first-order chi connectivity index (χ1) is 8.56. The summed E-state index contributed by atoms with van der Waals surface area (Å²) in [6.45, 7) is 12.1. The molecule has 106 valence electrons. The van der Waals surface area contributed by atoms with Crippen LogP contribution in [0.3, 0.4) is 0 Å². The summed E-state index contributed by atoms with van der Waals surface area (Å²) >= 11 is 0. The van der Waals surface area contributed by atoms with E-state index in [2.05, 4.69) is 42.9 Å². The first-order valence-corrected chi connectivity index (χ1v) is 7.74. The summed E-state index contributed by atoms with van der Waals surface area (Å²) < 4.78 is 0. The molecule has 2 rings (SSSR count). The van der Waals surface area contributed by atoms with Crippen LogP contribution in [0.2, 0.25) is 0 Å². The molecule has 0 aromatic heterocycles. The number of hydrogen-bond donors (Lipinski definition) is 1. The summed E-state index contributed by atoms with van der Waals surface area (Å²) in [7, 11) is 2.25. The standard InChI is InChI=1S/C15H31N3/c1-12(2)18-8-5-14(11-18)10-16-15-6-7-17(4)13(3)9-15/h12-16H,5-11H2,1-4H3. The second-order valence-electron chi connectivity index (χ2n) is 6.70. The molecule has 0 aliphatic carbocycles. The smallest absolute Gasteiger partial charge is 0.00941 e. The molecule has 0 bridgehead atoms. The number of likely N-dealkylation sites (tertiary alicyclic amines) is 2. The van der Waals surface area contributed by atoms with Crippen molar-refractivity contribution < 1.29 is 0 Å². The SMILES string of the molecule is CC1CC(NCC2CCN(C(C)C)C2)CCN1C. The molecular formula is C15H31N3. The van der Waals surface area contributed by atoms with Crippen LogP contribution in [0.4, 0.5) is 0 Å². The first-order valence-electron chi connectivity index (χ1n) is 7.74. The van der Waals surface area contributed by atoms with E-state index in [4.69, 9.17) is 0 Å². The van der Waals surface area contributed by atoms with Crippen LogP contribution in [0.1, 0.15) is 40.0 Å².